The molecule has 0 radical (unpaired) electrons. The van der Waals surface area contributed by atoms with Crippen LogP contribution in [0.4, 0.5) is 0 Å². The highest BCUT2D eigenvalue weighted by atomic mass is 16.5. The number of allylic oxidation sites excluding steroid dienone is 2. The molecule has 6 nitrogen and oxygen atoms in total. The number of hydrogen-bond donors (Lipinski definition) is 3. The van der Waals surface area contributed by atoms with E-state index in [-0.39, 0.29) is 5.92 Å². The van der Waals surface area contributed by atoms with Gasteiger partial charge in [0.15, 0.2) is 0 Å². The summed E-state index contributed by atoms with van der Waals surface area (Å²) in [5.74, 6) is 0.198. The Labute approximate surface area is 310 Å². The first-order chi connectivity index (χ1) is 26.1. The number of hydrogen-bond acceptors (Lipinski definition) is 6. The van der Waals surface area contributed by atoms with Crippen LogP contribution in [0.1, 0.15) is 46.9 Å². The summed E-state index contributed by atoms with van der Waals surface area (Å²) in [6.07, 6.45) is 14.7. The molecule has 0 saturated heterocycles. The molecule has 0 amide bonds. The van der Waals surface area contributed by atoms with Gasteiger partial charge in [-0.15, -0.1) is 0 Å². The van der Waals surface area contributed by atoms with Gasteiger partial charge < -0.3 is 26.7 Å². The third kappa shape index (κ3) is 5.55. The lowest BCUT2D eigenvalue weighted by Crippen LogP contribution is -2.26. The van der Waals surface area contributed by atoms with Crippen LogP contribution in [0.3, 0.4) is 0 Å². The van der Waals surface area contributed by atoms with Gasteiger partial charge in [0.1, 0.15) is 6.61 Å². The second-order valence-corrected chi connectivity index (χ2v) is 13.5. The first-order valence-electron chi connectivity index (χ1n) is 18.1. The molecule has 1 heterocycles. The summed E-state index contributed by atoms with van der Waals surface area (Å²) in [4.78, 5) is 4.72. The summed E-state index contributed by atoms with van der Waals surface area (Å²) in [7, 11) is 0. The fourth-order valence-corrected chi connectivity index (χ4v) is 8.30. The van der Waals surface area contributed by atoms with Gasteiger partial charge in [0.25, 0.3) is 0 Å². The van der Waals surface area contributed by atoms with E-state index in [1.54, 1.807) is 6.20 Å². The van der Waals surface area contributed by atoms with Gasteiger partial charge >= 0.3 is 0 Å². The van der Waals surface area contributed by atoms with Crippen LogP contribution in [0, 0.1) is 5.92 Å². The lowest BCUT2D eigenvalue weighted by molar-refractivity contribution is 0.212. The molecule has 1 spiro atoms. The van der Waals surface area contributed by atoms with E-state index in [0.29, 0.717) is 13.2 Å². The predicted molar refractivity (Wildman–Crippen MR) is 216 cm³/mol. The molecule has 8 rings (SSSR count). The third-order valence-corrected chi connectivity index (χ3v) is 10.7. The molecule has 1 aromatic heterocycles. The minimum Gasteiger partial charge on any atom is -0.499 e. The largest absolute Gasteiger partial charge is 0.499 e. The Morgan fingerprint density at radius 2 is 1.38 bits per heavy atom. The van der Waals surface area contributed by atoms with Gasteiger partial charge in [-0.25, -0.2) is 0 Å². The molecule has 0 fully saturated rings. The van der Waals surface area contributed by atoms with Crippen LogP contribution >= 0.6 is 0 Å². The van der Waals surface area contributed by atoms with E-state index in [1.165, 1.54) is 74.8 Å². The summed E-state index contributed by atoms with van der Waals surface area (Å²) in [5, 5.41) is 2.35. The molecular weight excluding hydrogens is 653 g/mol. The van der Waals surface area contributed by atoms with E-state index in [2.05, 4.69) is 122 Å². The van der Waals surface area contributed by atoms with Crippen LogP contribution in [-0.4, -0.2) is 11.6 Å². The van der Waals surface area contributed by atoms with Crippen LogP contribution in [0.5, 0.6) is 0 Å². The first kappa shape index (κ1) is 33.6. The highest BCUT2D eigenvalue weighted by Gasteiger charge is 2.52. The molecule has 6 aromatic rings. The van der Waals surface area contributed by atoms with Crippen LogP contribution in [0.25, 0.3) is 49.7 Å². The van der Waals surface area contributed by atoms with Gasteiger partial charge in [0.05, 0.1) is 30.2 Å². The van der Waals surface area contributed by atoms with Crippen molar-refractivity contribution in [3.05, 3.63) is 192 Å². The summed E-state index contributed by atoms with van der Waals surface area (Å²) >= 11 is 0. The maximum absolute atomic E-state index is 6.51. The number of ether oxygens (including phenoxy) is 2. The van der Waals surface area contributed by atoms with Gasteiger partial charge in [0, 0.05) is 36.3 Å². The number of rotatable bonds is 11. The van der Waals surface area contributed by atoms with Crippen LogP contribution in [0.15, 0.2) is 159 Å². The zero-order chi connectivity index (χ0) is 36.4. The van der Waals surface area contributed by atoms with Gasteiger partial charge in [-0.1, -0.05) is 110 Å². The molecule has 0 aliphatic heterocycles. The predicted octanol–water partition coefficient (Wildman–Crippen LogP) is 9.52. The number of benzene rings is 5. The Morgan fingerprint density at radius 3 is 2.06 bits per heavy atom. The first-order valence-corrected chi connectivity index (χ1v) is 18.1. The Morgan fingerprint density at radius 1 is 0.698 bits per heavy atom. The summed E-state index contributed by atoms with van der Waals surface area (Å²) in [6.45, 7) is 3.05. The van der Waals surface area contributed by atoms with E-state index >= 15 is 0 Å². The van der Waals surface area contributed by atoms with E-state index in [4.69, 9.17) is 31.7 Å². The zero-order valence-corrected chi connectivity index (χ0v) is 29.7. The fraction of sp³-hybridized carbons (Fsp3) is 0.128. The fourth-order valence-electron chi connectivity index (χ4n) is 8.30. The third-order valence-electron chi connectivity index (χ3n) is 10.7. The van der Waals surface area contributed by atoms with E-state index < -0.39 is 5.41 Å². The summed E-state index contributed by atoms with van der Waals surface area (Å²) < 4.78 is 11.1. The van der Waals surface area contributed by atoms with Crippen LogP contribution in [-0.2, 0) is 21.5 Å². The Balaban J connectivity index is 1.36. The monoisotopic (exact) mass is 694 g/mol. The lowest BCUT2D eigenvalue weighted by Gasteiger charge is -2.31. The van der Waals surface area contributed by atoms with Crippen molar-refractivity contribution < 1.29 is 9.47 Å². The normalized spacial score (nSPS) is 14.5. The van der Waals surface area contributed by atoms with Crippen molar-refractivity contribution in [3.8, 4) is 33.4 Å². The maximum atomic E-state index is 6.51. The van der Waals surface area contributed by atoms with Crippen molar-refractivity contribution >= 4 is 16.3 Å². The highest BCUT2D eigenvalue weighted by molar-refractivity contribution is 6.10. The number of fused-ring (bicyclic) bond motifs is 12. The quantitative estimate of drug-likeness (QED) is 0.0919. The Hall–Kier alpha value is -6.53. The van der Waals surface area contributed by atoms with Crippen molar-refractivity contribution in [2.75, 3.05) is 6.61 Å². The van der Waals surface area contributed by atoms with E-state index in [1.807, 2.05) is 12.3 Å². The molecule has 1 unspecified atom stereocenters. The molecule has 2 aliphatic rings. The molecule has 2 aliphatic carbocycles. The molecule has 6 heteroatoms. The molecule has 0 saturated carbocycles. The smallest absolute Gasteiger partial charge is 0.129 e. The standard InChI is InChI=1S/C47H42N4O2/c1-2-31(29-52-23-21-48)15-16-33(27-50)41-26-45-46(39-12-4-3-9-36(39)41)40-20-18-32(34-17-19-35(51-28-34)30-53-24-22-49)25-44(40)47(45)42-13-7-5-10-37(42)38-11-6-8-14-43(38)47/h3-28,31H,2,29-30,48-50H2,1H3/b16-15-,23-21-,24-22-,33-27+. The maximum Gasteiger partial charge on any atom is 0.129 e. The van der Waals surface area contributed by atoms with Crippen molar-refractivity contribution in [1.82, 2.24) is 4.98 Å². The number of nitrogens with zero attached hydrogens (tertiary/aromatic N) is 1. The van der Waals surface area contributed by atoms with Crippen molar-refractivity contribution in [1.29, 1.82) is 0 Å². The molecule has 5 aromatic carbocycles. The average molecular weight is 695 g/mol. The highest BCUT2D eigenvalue weighted by Crippen LogP contribution is 2.64. The van der Waals surface area contributed by atoms with E-state index in [9.17, 15) is 0 Å². The molecule has 53 heavy (non-hydrogen) atoms. The van der Waals surface area contributed by atoms with Crippen LogP contribution in [0.2, 0.25) is 0 Å². The van der Waals surface area contributed by atoms with Crippen molar-refractivity contribution in [2.24, 2.45) is 23.1 Å². The van der Waals surface area contributed by atoms with Gasteiger partial charge in [-0.2, -0.15) is 0 Å². The van der Waals surface area contributed by atoms with Crippen molar-refractivity contribution in [3.63, 3.8) is 0 Å². The summed E-state index contributed by atoms with van der Waals surface area (Å²) in [6, 6.07) is 39.9. The van der Waals surface area contributed by atoms with Gasteiger partial charge in [-0.05, 0) is 96.6 Å². The number of pyridine rings is 1. The molecule has 6 N–H and O–H groups in total. The Bertz CT molecular complexity index is 2400. The molecule has 262 valence electrons. The number of nitrogens with two attached hydrogens (primary N) is 3. The topological polar surface area (TPSA) is 109 Å². The second kappa shape index (κ2) is 14.2. The lowest BCUT2D eigenvalue weighted by atomic mass is 9.69. The minimum absolute atomic E-state index is 0.198. The number of aromatic nitrogens is 1. The van der Waals surface area contributed by atoms with E-state index in [0.717, 1.165) is 39.8 Å². The van der Waals surface area contributed by atoms with Gasteiger partial charge in [-0.3, -0.25) is 4.98 Å². The summed E-state index contributed by atoms with van der Waals surface area (Å²) in [5.41, 5.74) is 32.0. The molecular formula is C47H42N4O2. The van der Waals surface area contributed by atoms with Crippen LogP contribution < -0.4 is 17.2 Å². The second-order valence-electron chi connectivity index (χ2n) is 13.5. The molecule has 0 bridgehead atoms. The minimum atomic E-state index is -0.555. The molecule has 1 atom stereocenters. The Kier molecular flexibility index (Phi) is 9.03. The zero-order valence-electron chi connectivity index (χ0n) is 29.7. The van der Waals surface area contributed by atoms with Crippen molar-refractivity contribution in [2.45, 2.75) is 25.4 Å². The SMILES string of the molecule is CCC(/C=C\C(=C/N)c1cc2c(c3ccccc13)-c1ccc(-c3ccc(CO/C=C\N)nc3)cc1C21c2ccccc2-c2ccccc21)CO/C=C\N. The van der Waals surface area contributed by atoms with Gasteiger partial charge in [0.2, 0.25) is 0 Å². The average Bonchev–Trinajstić information content (AvgIpc) is 3.68.